The van der Waals surface area contributed by atoms with Gasteiger partial charge in [-0.2, -0.15) is 0 Å². The Balaban J connectivity index is 1.52. The second-order valence-corrected chi connectivity index (χ2v) is 8.53. The van der Waals surface area contributed by atoms with Crippen molar-refractivity contribution in [1.29, 1.82) is 0 Å². The molecule has 1 aliphatic rings. The Hall–Kier alpha value is -3.06. The molecule has 2 N–H and O–H groups in total. The number of nitrogens with one attached hydrogen (secondary N) is 2. The third kappa shape index (κ3) is 4.23. The van der Waals surface area contributed by atoms with Gasteiger partial charge in [0.25, 0.3) is 0 Å². The fraction of sp³-hybridized carbons (Fsp3) is 0.348. The van der Waals surface area contributed by atoms with E-state index in [1.54, 1.807) is 23.1 Å². The first-order valence-corrected chi connectivity index (χ1v) is 10.6. The van der Waals surface area contributed by atoms with E-state index < -0.39 is 5.92 Å². The number of carbonyl (C=O) groups excluding carboxylic acids is 2. The van der Waals surface area contributed by atoms with Gasteiger partial charge in [-0.15, -0.1) is 0 Å². The summed E-state index contributed by atoms with van der Waals surface area (Å²) < 4.78 is 5.37. The lowest BCUT2D eigenvalue weighted by molar-refractivity contribution is -0.127. The zero-order valence-corrected chi connectivity index (χ0v) is 18.4. The van der Waals surface area contributed by atoms with Crippen LogP contribution in [-0.4, -0.2) is 35.4 Å². The molecule has 2 atom stereocenters. The molecule has 1 unspecified atom stereocenters. The summed E-state index contributed by atoms with van der Waals surface area (Å²) in [5.41, 5.74) is 2.35. The number of imidazole rings is 1. The van der Waals surface area contributed by atoms with E-state index in [4.69, 9.17) is 16.3 Å². The molecule has 0 radical (unpaired) electrons. The van der Waals surface area contributed by atoms with Crippen LogP contribution >= 0.6 is 11.6 Å². The minimum absolute atomic E-state index is 0.116. The molecule has 2 aromatic carbocycles. The number of carbonyl (C=O) groups is 2. The average molecular weight is 441 g/mol. The number of benzene rings is 2. The Morgan fingerprint density at radius 2 is 2.06 bits per heavy atom. The fourth-order valence-corrected chi connectivity index (χ4v) is 4.10. The van der Waals surface area contributed by atoms with E-state index in [9.17, 15) is 9.59 Å². The number of anilines is 1. The van der Waals surface area contributed by atoms with E-state index in [1.165, 1.54) is 7.11 Å². The third-order valence-corrected chi connectivity index (χ3v) is 5.83. The SMILES string of the molecule is COc1ccc(Cl)cc1N1CC(C(=O)N[C@H](c2nc3ccccc3[nH]2)C(C)C)CC1=O. The van der Waals surface area contributed by atoms with Crippen molar-refractivity contribution in [3.8, 4) is 5.75 Å². The number of amides is 2. The van der Waals surface area contributed by atoms with Crippen LogP contribution in [0.4, 0.5) is 5.69 Å². The second-order valence-electron chi connectivity index (χ2n) is 8.09. The van der Waals surface area contributed by atoms with E-state index >= 15 is 0 Å². The lowest BCUT2D eigenvalue weighted by Gasteiger charge is -2.23. The molecule has 1 fully saturated rings. The Labute approximate surface area is 185 Å². The highest BCUT2D eigenvalue weighted by Crippen LogP contribution is 2.35. The number of nitrogens with zero attached hydrogens (tertiary/aromatic N) is 2. The highest BCUT2D eigenvalue weighted by molar-refractivity contribution is 6.31. The Kier molecular flexibility index (Phi) is 5.87. The number of aromatic nitrogens is 2. The van der Waals surface area contributed by atoms with Crippen LogP contribution in [0.1, 0.15) is 32.1 Å². The van der Waals surface area contributed by atoms with Crippen molar-refractivity contribution >= 4 is 40.1 Å². The van der Waals surface area contributed by atoms with Crippen molar-refractivity contribution in [3.05, 3.63) is 53.3 Å². The Morgan fingerprint density at radius 3 is 2.77 bits per heavy atom. The molecule has 3 aromatic rings. The number of hydrogen-bond donors (Lipinski definition) is 2. The summed E-state index contributed by atoms with van der Waals surface area (Å²) in [6.45, 7) is 4.33. The first-order chi connectivity index (χ1) is 14.9. The minimum Gasteiger partial charge on any atom is -0.495 e. The van der Waals surface area contributed by atoms with Gasteiger partial charge in [0.2, 0.25) is 11.8 Å². The lowest BCUT2D eigenvalue weighted by Crippen LogP contribution is -2.38. The van der Waals surface area contributed by atoms with Crippen LogP contribution < -0.4 is 15.0 Å². The number of para-hydroxylation sites is 2. The summed E-state index contributed by atoms with van der Waals surface area (Å²) in [5.74, 6) is 0.595. The number of halogens is 1. The average Bonchev–Trinajstić information content (AvgIpc) is 3.35. The molecule has 1 aliphatic heterocycles. The van der Waals surface area contributed by atoms with Gasteiger partial charge in [0, 0.05) is 18.0 Å². The molecule has 8 heteroatoms. The molecule has 1 aromatic heterocycles. The van der Waals surface area contributed by atoms with Gasteiger partial charge in [0.05, 0.1) is 35.8 Å². The number of methoxy groups -OCH3 is 1. The van der Waals surface area contributed by atoms with Gasteiger partial charge >= 0.3 is 0 Å². The number of ether oxygens (including phenoxy) is 1. The molecule has 7 nitrogen and oxygen atoms in total. The third-order valence-electron chi connectivity index (χ3n) is 5.59. The van der Waals surface area contributed by atoms with Gasteiger partial charge in [-0.25, -0.2) is 4.98 Å². The molecular formula is C23H25ClN4O3. The largest absolute Gasteiger partial charge is 0.495 e. The minimum atomic E-state index is -0.471. The van der Waals surface area contributed by atoms with E-state index in [0.29, 0.717) is 22.3 Å². The maximum atomic E-state index is 13.1. The first kappa shape index (κ1) is 21.2. The molecule has 0 spiro atoms. The maximum absolute atomic E-state index is 13.1. The number of fused-ring (bicyclic) bond motifs is 1. The predicted octanol–water partition coefficient (Wildman–Crippen LogP) is 4.09. The molecule has 0 aliphatic carbocycles. The van der Waals surface area contributed by atoms with Crippen molar-refractivity contribution in [2.24, 2.45) is 11.8 Å². The van der Waals surface area contributed by atoms with E-state index in [2.05, 4.69) is 15.3 Å². The molecule has 2 amide bonds. The normalized spacial score (nSPS) is 17.4. The van der Waals surface area contributed by atoms with E-state index in [0.717, 1.165) is 11.0 Å². The van der Waals surface area contributed by atoms with Gasteiger partial charge in [0.15, 0.2) is 0 Å². The van der Waals surface area contributed by atoms with Gasteiger partial charge in [-0.3, -0.25) is 9.59 Å². The molecule has 31 heavy (non-hydrogen) atoms. The standard InChI is InChI=1S/C23H25ClN4O3/c1-13(2)21(22-25-16-6-4-5-7-17(16)26-22)27-23(30)14-10-20(29)28(12-14)18-11-15(24)8-9-19(18)31-3/h4-9,11,13-14,21H,10,12H2,1-3H3,(H,25,26)(H,27,30)/t14?,21-/m0/s1. The second kappa shape index (κ2) is 8.59. The van der Waals surface area contributed by atoms with Crippen LogP contribution in [0.15, 0.2) is 42.5 Å². The zero-order valence-electron chi connectivity index (χ0n) is 17.7. The highest BCUT2D eigenvalue weighted by Gasteiger charge is 2.37. The number of H-pyrrole nitrogens is 1. The fourth-order valence-electron chi connectivity index (χ4n) is 3.93. The predicted molar refractivity (Wildman–Crippen MR) is 120 cm³/mol. The van der Waals surface area contributed by atoms with Crippen LogP contribution in [0.25, 0.3) is 11.0 Å². The zero-order chi connectivity index (χ0) is 22.1. The van der Waals surface area contributed by atoms with Crippen LogP contribution in [0.2, 0.25) is 5.02 Å². The Morgan fingerprint density at radius 1 is 1.29 bits per heavy atom. The first-order valence-electron chi connectivity index (χ1n) is 10.3. The van der Waals surface area contributed by atoms with Gasteiger partial charge < -0.3 is 19.9 Å². The molecule has 0 saturated carbocycles. The lowest BCUT2D eigenvalue weighted by atomic mass is 10.0. The number of rotatable bonds is 6. The monoisotopic (exact) mass is 440 g/mol. The molecular weight excluding hydrogens is 416 g/mol. The van der Waals surface area contributed by atoms with Gasteiger partial charge in [-0.1, -0.05) is 37.6 Å². The summed E-state index contributed by atoms with van der Waals surface area (Å²) in [6.07, 6.45) is 0.131. The smallest absolute Gasteiger partial charge is 0.227 e. The summed E-state index contributed by atoms with van der Waals surface area (Å²) in [7, 11) is 1.54. The summed E-state index contributed by atoms with van der Waals surface area (Å²) in [6, 6.07) is 12.6. The quantitative estimate of drug-likeness (QED) is 0.604. The van der Waals surface area contributed by atoms with Crippen LogP contribution in [0, 0.1) is 11.8 Å². The highest BCUT2D eigenvalue weighted by atomic mass is 35.5. The maximum Gasteiger partial charge on any atom is 0.227 e. The Bertz CT molecular complexity index is 1090. The van der Waals surface area contributed by atoms with Crippen molar-refractivity contribution < 1.29 is 14.3 Å². The topological polar surface area (TPSA) is 87.3 Å². The molecule has 2 heterocycles. The van der Waals surface area contributed by atoms with Gasteiger partial charge in [0.1, 0.15) is 11.6 Å². The molecule has 1 saturated heterocycles. The molecule has 162 valence electrons. The van der Waals surface area contributed by atoms with Crippen LogP contribution in [0.5, 0.6) is 5.75 Å². The van der Waals surface area contributed by atoms with Crippen LogP contribution in [-0.2, 0) is 9.59 Å². The molecule has 4 rings (SSSR count). The van der Waals surface area contributed by atoms with Crippen LogP contribution in [0.3, 0.4) is 0 Å². The number of aromatic amines is 1. The van der Waals surface area contributed by atoms with Crippen molar-refractivity contribution in [2.45, 2.75) is 26.3 Å². The summed E-state index contributed by atoms with van der Waals surface area (Å²) in [5, 5.41) is 3.60. The van der Waals surface area contributed by atoms with Crippen molar-refractivity contribution in [1.82, 2.24) is 15.3 Å². The van der Waals surface area contributed by atoms with E-state index in [1.807, 2.05) is 38.1 Å². The summed E-state index contributed by atoms with van der Waals surface area (Å²) >= 11 is 6.12. The van der Waals surface area contributed by atoms with E-state index in [-0.39, 0.29) is 36.7 Å². The summed E-state index contributed by atoms with van der Waals surface area (Å²) in [4.78, 5) is 35.3. The van der Waals surface area contributed by atoms with Crippen molar-refractivity contribution in [3.63, 3.8) is 0 Å². The molecule has 0 bridgehead atoms. The van der Waals surface area contributed by atoms with Crippen molar-refractivity contribution in [2.75, 3.05) is 18.6 Å². The van der Waals surface area contributed by atoms with Gasteiger partial charge in [-0.05, 0) is 36.2 Å². The number of hydrogen-bond acceptors (Lipinski definition) is 4.